The van der Waals surface area contributed by atoms with Crippen molar-refractivity contribution in [2.75, 3.05) is 7.05 Å². The van der Waals surface area contributed by atoms with E-state index >= 15 is 0 Å². The number of alkyl halides is 3. The zero-order valence-electron chi connectivity index (χ0n) is 8.61. The Hall–Kier alpha value is -0.620. The molecule has 0 saturated heterocycles. The zero-order valence-corrected chi connectivity index (χ0v) is 9.43. The third kappa shape index (κ3) is 3.79. The van der Waals surface area contributed by atoms with E-state index in [1.165, 1.54) is 0 Å². The fourth-order valence-corrected chi connectivity index (χ4v) is 2.46. The predicted octanol–water partition coefficient (Wildman–Crippen LogP) is 2.53. The molecule has 6 heteroatoms. The molecule has 1 aromatic heterocycles. The van der Waals surface area contributed by atoms with Gasteiger partial charge in [-0.1, -0.05) is 6.92 Å². The van der Waals surface area contributed by atoms with Crippen LogP contribution in [0.4, 0.5) is 13.2 Å². The van der Waals surface area contributed by atoms with Gasteiger partial charge in [-0.05, 0) is 13.5 Å². The highest BCUT2D eigenvalue weighted by molar-refractivity contribution is 7.11. The van der Waals surface area contributed by atoms with E-state index in [2.05, 4.69) is 10.3 Å². The third-order valence-electron chi connectivity index (χ3n) is 1.85. The minimum absolute atomic E-state index is 0.157. The molecule has 1 heterocycles. The van der Waals surface area contributed by atoms with Crippen LogP contribution in [0.2, 0.25) is 0 Å². The minimum Gasteiger partial charge on any atom is -0.315 e. The Labute approximate surface area is 90.5 Å². The molecule has 1 rings (SSSR count). The van der Waals surface area contributed by atoms with Gasteiger partial charge >= 0.3 is 6.18 Å². The maximum Gasteiger partial charge on any atom is 0.395 e. The van der Waals surface area contributed by atoms with Gasteiger partial charge in [-0.3, -0.25) is 0 Å². The van der Waals surface area contributed by atoms with Crippen molar-refractivity contribution in [3.05, 3.63) is 15.6 Å². The number of nitrogens with one attached hydrogen (secondary N) is 1. The average Bonchev–Trinajstić information content (AvgIpc) is 2.45. The number of hydrogen-bond donors (Lipinski definition) is 1. The monoisotopic (exact) mass is 238 g/mol. The summed E-state index contributed by atoms with van der Waals surface area (Å²) in [4.78, 5) is 4.89. The number of nitrogens with zero attached hydrogens (tertiary/aromatic N) is 1. The van der Waals surface area contributed by atoms with Gasteiger partial charge in [0.1, 0.15) is 5.01 Å². The number of aryl methyl sites for hydroxylation is 1. The summed E-state index contributed by atoms with van der Waals surface area (Å²) in [5.74, 6) is 0. The second-order valence-electron chi connectivity index (χ2n) is 3.15. The van der Waals surface area contributed by atoms with Gasteiger partial charge in [0.2, 0.25) is 0 Å². The quantitative estimate of drug-likeness (QED) is 0.872. The lowest BCUT2D eigenvalue weighted by atomic mass is 10.3. The lowest BCUT2D eigenvalue weighted by molar-refractivity contribution is -0.127. The van der Waals surface area contributed by atoms with Crippen LogP contribution in [0.5, 0.6) is 0 Å². The summed E-state index contributed by atoms with van der Waals surface area (Å²) < 4.78 is 36.4. The van der Waals surface area contributed by atoms with E-state index < -0.39 is 12.6 Å². The highest BCUT2D eigenvalue weighted by Crippen LogP contribution is 2.26. The second kappa shape index (κ2) is 4.94. The molecule has 0 aliphatic rings. The van der Waals surface area contributed by atoms with Crippen molar-refractivity contribution in [2.24, 2.45) is 0 Å². The summed E-state index contributed by atoms with van der Waals surface area (Å²) in [5.41, 5.74) is 0.772. The van der Waals surface area contributed by atoms with Crippen LogP contribution in [0.15, 0.2) is 0 Å². The van der Waals surface area contributed by atoms with E-state index in [4.69, 9.17) is 0 Å². The molecule has 0 unspecified atom stereocenters. The minimum atomic E-state index is -4.17. The first-order chi connectivity index (χ1) is 6.96. The van der Waals surface area contributed by atoms with Crippen molar-refractivity contribution in [3.8, 4) is 0 Å². The average molecular weight is 238 g/mol. The molecule has 1 N–H and O–H groups in total. The molecule has 0 amide bonds. The van der Waals surface area contributed by atoms with Crippen LogP contribution in [0, 0.1) is 0 Å². The molecular formula is C9H13F3N2S. The largest absolute Gasteiger partial charge is 0.395 e. The molecule has 0 saturated carbocycles. The van der Waals surface area contributed by atoms with Crippen molar-refractivity contribution < 1.29 is 13.2 Å². The summed E-state index contributed by atoms with van der Waals surface area (Å²) in [6, 6.07) is 0. The fourth-order valence-electron chi connectivity index (χ4n) is 1.26. The van der Waals surface area contributed by atoms with Gasteiger partial charge in [0.25, 0.3) is 0 Å². The van der Waals surface area contributed by atoms with Crippen LogP contribution >= 0.6 is 11.3 Å². The molecule has 2 nitrogen and oxygen atoms in total. The van der Waals surface area contributed by atoms with E-state index in [1.807, 2.05) is 6.92 Å². The third-order valence-corrected chi connectivity index (χ3v) is 2.94. The molecule has 0 aromatic carbocycles. The summed E-state index contributed by atoms with van der Waals surface area (Å²) >= 11 is 1.14. The van der Waals surface area contributed by atoms with Gasteiger partial charge in [-0.25, -0.2) is 4.98 Å². The summed E-state index contributed by atoms with van der Waals surface area (Å²) in [5, 5.41) is 3.08. The van der Waals surface area contributed by atoms with Crippen molar-refractivity contribution in [2.45, 2.75) is 32.5 Å². The van der Waals surface area contributed by atoms with Crippen molar-refractivity contribution in [1.29, 1.82) is 0 Å². The highest BCUT2D eigenvalue weighted by atomic mass is 32.1. The molecule has 86 valence electrons. The molecule has 0 bridgehead atoms. The van der Waals surface area contributed by atoms with Gasteiger partial charge in [-0.2, -0.15) is 13.2 Å². The zero-order chi connectivity index (χ0) is 11.5. The molecular weight excluding hydrogens is 225 g/mol. The molecule has 0 radical (unpaired) electrons. The van der Waals surface area contributed by atoms with Crippen molar-refractivity contribution >= 4 is 11.3 Å². The van der Waals surface area contributed by atoms with Gasteiger partial charge in [-0.15, -0.1) is 11.3 Å². The van der Waals surface area contributed by atoms with Crippen molar-refractivity contribution in [3.63, 3.8) is 0 Å². The molecule has 0 spiro atoms. The van der Waals surface area contributed by atoms with Crippen LogP contribution in [-0.2, 0) is 19.4 Å². The van der Waals surface area contributed by atoms with E-state index in [0.717, 1.165) is 21.9 Å². The molecule has 0 aliphatic heterocycles. The topological polar surface area (TPSA) is 24.9 Å². The molecule has 15 heavy (non-hydrogen) atoms. The Morgan fingerprint density at radius 3 is 2.53 bits per heavy atom. The maximum absolute atomic E-state index is 12.1. The first-order valence-electron chi connectivity index (χ1n) is 4.65. The van der Waals surface area contributed by atoms with E-state index in [0.29, 0.717) is 13.0 Å². The number of aromatic nitrogens is 1. The van der Waals surface area contributed by atoms with Gasteiger partial charge in [0, 0.05) is 11.4 Å². The summed E-state index contributed by atoms with van der Waals surface area (Å²) in [6.07, 6.45) is -4.42. The Balaban J connectivity index is 2.83. The number of rotatable bonds is 4. The Morgan fingerprint density at radius 2 is 2.07 bits per heavy atom. The van der Waals surface area contributed by atoms with E-state index in [-0.39, 0.29) is 5.01 Å². The Morgan fingerprint density at radius 1 is 1.40 bits per heavy atom. The Kier molecular flexibility index (Phi) is 4.10. The van der Waals surface area contributed by atoms with Crippen LogP contribution in [-0.4, -0.2) is 18.2 Å². The first kappa shape index (κ1) is 12.4. The van der Waals surface area contributed by atoms with Crippen molar-refractivity contribution in [1.82, 2.24) is 10.3 Å². The lowest BCUT2D eigenvalue weighted by Gasteiger charge is -2.01. The van der Waals surface area contributed by atoms with Gasteiger partial charge in [0.15, 0.2) is 0 Å². The molecule has 0 fully saturated rings. The first-order valence-corrected chi connectivity index (χ1v) is 5.46. The van der Waals surface area contributed by atoms with Crippen LogP contribution in [0.25, 0.3) is 0 Å². The standard InChI is InChI=1S/C9H13F3N2S/c1-3-6-7(5-13-2)15-8(14-6)4-9(10,11)12/h13H,3-5H2,1-2H3. The number of hydrogen-bond acceptors (Lipinski definition) is 3. The molecule has 0 atom stereocenters. The highest BCUT2D eigenvalue weighted by Gasteiger charge is 2.29. The van der Waals surface area contributed by atoms with E-state index in [1.54, 1.807) is 7.05 Å². The van der Waals surface area contributed by atoms with Crippen LogP contribution in [0.1, 0.15) is 22.5 Å². The smallest absolute Gasteiger partial charge is 0.315 e. The molecule has 0 aliphatic carbocycles. The molecule has 1 aromatic rings. The number of halogens is 3. The van der Waals surface area contributed by atoms with E-state index in [9.17, 15) is 13.2 Å². The predicted molar refractivity (Wildman–Crippen MR) is 54.0 cm³/mol. The summed E-state index contributed by atoms with van der Waals surface area (Å²) in [7, 11) is 1.77. The summed E-state index contributed by atoms with van der Waals surface area (Å²) in [6.45, 7) is 2.48. The number of thiazole rings is 1. The SMILES string of the molecule is CCc1nc(CC(F)(F)F)sc1CNC. The van der Waals surface area contributed by atoms with Crippen LogP contribution < -0.4 is 5.32 Å². The van der Waals surface area contributed by atoms with Gasteiger partial charge in [0.05, 0.1) is 12.1 Å². The van der Waals surface area contributed by atoms with Gasteiger partial charge < -0.3 is 5.32 Å². The van der Waals surface area contributed by atoms with Crippen LogP contribution in [0.3, 0.4) is 0 Å². The fraction of sp³-hybridized carbons (Fsp3) is 0.667. The normalized spacial score (nSPS) is 12.1. The maximum atomic E-state index is 12.1. The Bertz CT molecular complexity index is 320. The lowest BCUT2D eigenvalue weighted by Crippen LogP contribution is -2.11. The second-order valence-corrected chi connectivity index (χ2v) is 4.32.